The summed E-state index contributed by atoms with van der Waals surface area (Å²) in [6.45, 7) is 4.69. The Bertz CT molecular complexity index is 813. The number of aliphatic hydroxyl groups is 1. The number of hydrogen-bond donors (Lipinski definition) is 1. The largest absolute Gasteiger partial charge is 0.391 e. The summed E-state index contributed by atoms with van der Waals surface area (Å²) in [5.41, 5.74) is 4.49. The minimum absolute atomic E-state index is 0.281. The first-order chi connectivity index (χ1) is 11.2. The maximum absolute atomic E-state index is 10.6. The van der Waals surface area contributed by atoms with E-state index in [1.54, 1.807) is 11.3 Å². The Kier molecular flexibility index (Phi) is 4.15. The monoisotopic (exact) mass is 345 g/mol. The highest BCUT2D eigenvalue weighted by Gasteiger charge is 2.30. The van der Waals surface area contributed by atoms with Crippen LogP contribution in [0.3, 0.4) is 0 Å². The van der Waals surface area contributed by atoms with E-state index in [0.29, 0.717) is 0 Å². The first kappa shape index (κ1) is 15.2. The highest BCUT2D eigenvalue weighted by molar-refractivity contribution is 7.10. The van der Waals surface area contributed by atoms with E-state index in [1.165, 1.54) is 27.7 Å². The van der Waals surface area contributed by atoms with Gasteiger partial charge < -0.3 is 5.11 Å². The van der Waals surface area contributed by atoms with Gasteiger partial charge in [0.05, 0.1) is 17.8 Å². The Morgan fingerprint density at radius 2 is 2.22 bits per heavy atom. The predicted molar refractivity (Wildman–Crippen MR) is 95.1 cm³/mol. The Morgan fingerprint density at radius 3 is 3.00 bits per heavy atom. The summed E-state index contributed by atoms with van der Waals surface area (Å²) in [6.07, 6.45) is 0.710. The van der Waals surface area contributed by atoms with Crippen molar-refractivity contribution < 1.29 is 5.11 Å². The molecular formula is C17H19N3OS2. The highest BCUT2D eigenvalue weighted by atomic mass is 32.1. The number of piperidine rings is 1. The average Bonchev–Trinajstić information content (AvgIpc) is 3.17. The van der Waals surface area contributed by atoms with Gasteiger partial charge in [-0.15, -0.1) is 11.3 Å². The first-order valence-electron chi connectivity index (χ1n) is 7.87. The molecule has 4 nitrogen and oxygen atoms in total. The Hall–Kier alpha value is -1.34. The third kappa shape index (κ3) is 2.92. The van der Waals surface area contributed by atoms with Gasteiger partial charge in [-0.3, -0.25) is 4.90 Å². The molecule has 0 unspecified atom stereocenters. The molecular weight excluding hydrogens is 326 g/mol. The van der Waals surface area contributed by atoms with Crippen molar-refractivity contribution >= 4 is 34.1 Å². The van der Waals surface area contributed by atoms with Crippen LogP contribution in [0.5, 0.6) is 0 Å². The fourth-order valence-corrected chi connectivity index (χ4v) is 5.13. The standard InChI is InChI=1S/C17H19N3OS2/c1-11-6-8-22-17(11)13-5-7-20(10-15(13)21)9-12-3-2-4-14-16(12)19-23-18-14/h2-4,6,8,13,15,21H,5,7,9-10H2,1H3/t13-,15-/m1/s1. The molecule has 0 spiro atoms. The Labute approximate surface area is 143 Å². The number of rotatable bonds is 3. The number of thiophene rings is 1. The van der Waals surface area contributed by atoms with Gasteiger partial charge >= 0.3 is 0 Å². The quantitative estimate of drug-likeness (QED) is 0.790. The molecule has 0 bridgehead atoms. The van der Waals surface area contributed by atoms with Crippen molar-refractivity contribution in [3.8, 4) is 0 Å². The minimum Gasteiger partial charge on any atom is -0.391 e. The van der Waals surface area contributed by atoms with E-state index in [2.05, 4.69) is 38.1 Å². The molecule has 2 atom stereocenters. The number of fused-ring (bicyclic) bond motifs is 1. The number of likely N-dealkylation sites (tertiary alicyclic amines) is 1. The predicted octanol–water partition coefficient (Wildman–Crippen LogP) is 3.41. The molecule has 0 radical (unpaired) electrons. The van der Waals surface area contributed by atoms with E-state index in [1.807, 2.05) is 12.1 Å². The van der Waals surface area contributed by atoms with E-state index >= 15 is 0 Å². The molecule has 23 heavy (non-hydrogen) atoms. The number of aryl methyl sites for hydroxylation is 1. The molecule has 1 saturated heterocycles. The molecule has 3 heterocycles. The maximum atomic E-state index is 10.6. The number of aromatic nitrogens is 2. The van der Waals surface area contributed by atoms with Gasteiger partial charge in [0, 0.05) is 23.9 Å². The first-order valence-corrected chi connectivity index (χ1v) is 9.48. The fourth-order valence-electron chi connectivity index (χ4n) is 3.44. The topological polar surface area (TPSA) is 49.2 Å². The zero-order valence-electron chi connectivity index (χ0n) is 13.0. The smallest absolute Gasteiger partial charge is 0.109 e. The molecule has 0 aliphatic carbocycles. The summed E-state index contributed by atoms with van der Waals surface area (Å²) < 4.78 is 8.72. The van der Waals surface area contributed by atoms with E-state index < -0.39 is 0 Å². The van der Waals surface area contributed by atoms with Crippen LogP contribution in [0.1, 0.15) is 28.3 Å². The Balaban J connectivity index is 1.49. The molecule has 6 heteroatoms. The molecule has 1 fully saturated rings. The molecule has 1 aromatic carbocycles. The van der Waals surface area contributed by atoms with E-state index in [4.69, 9.17) is 0 Å². The van der Waals surface area contributed by atoms with Crippen LogP contribution in [-0.4, -0.2) is 37.9 Å². The molecule has 0 saturated carbocycles. The van der Waals surface area contributed by atoms with Gasteiger partial charge in [-0.25, -0.2) is 0 Å². The van der Waals surface area contributed by atoms with E-state index in [9.17, 15) is 5.11 Å². The van der Waals surface area contributed by atoms with Crippen molar-refractivity contribution in [3.05, 3.63) is 45.6 Å². The number of aliphatic hydroxyl groups excluding tert-OH is 1. The molecule has 1 aliphatic heterocycles. The number of β-amino-alcohol motifs (C(OH)–C–C–N with tert-alkyl or cyclic N) is 1. The van der Waals surface area contributed by atoms with Gasteiger partial charge in [0.15, 0.2) is 0 Å². The Morgan fingerprint density at radius 1 is 1.30 bits per heavy atom. The van der Waals surface area contributed by atoms with Crippen molar-refractivity contribution in [1.82, 2.24) is 13.6 Å². The zero-order valence-corrected chi connectivity index (χ0v) is 14.6. The van der Waals surface area contributed by atoms with E-state index in [-0.39, 0.29) is 12.0 Å². The third-order valence-corrected chi connectivity index (χ3v) is 6.36. The average molecular weight is 345 g/mol. The lowest BCUT2D eigenvalue weighted by Crippen LogP contribution is -2.42. The molecule has 0 amide bonds. The van der Waals surface area contributed by atoms with Crippen molar-refractivity contribution in [1.29, 1.82) is 0 Å². The third-order valence-electron chi connectivity index (χ3n) is 4.67. The summed E-state index contributed by atoms with van der Waals surface area (Å²) in [5.74, 6) is 0.281. The second kappa shape index (κ2) is 6.28. The number of benzene rings is 1. The van der Waals surface area contributed by atoms with E-state index in [0.717, 1.165) is 37.1 Å². The van der Waals surface area contributed by atoms with Crippen molar-refractivity contribution in [2.24, 2.45) is 0 Å². The lowest BCUT2D eigenvalue weighted by Gasteiger charge is -2.36. The molecule has 1 aliphatic rings. The summed E-state index contributed by atoms with van der Waals surface area (Å²) in [7, 11) is 0. The number of nitrogens with zero attached hydrogens (tertiary/aromatic N) is 3. The lowest BCUT2D eigenvalue weighted by molar-refractivity contribution is 0.0487. The molecule has 4 rings (SSSR count). The second-order valence-electron chi connectivity index (χ2n) is 6.21. The summed E-state index contributed by atoms with van der Waals surface area (Å²) >= 11 is 3.04. The second-order valence-corrected chi connectivity index (χ2v) is 7.69. The van der Waals surface area contributed by atoms with Crippen LogP contribution in [0.4, 0.5) is 0 Å². The van der Waals surface area contributed by atoms with Crippen LogP contribution in [0.2, 0.25) is 0 Å². The molecule has 120 valence electrons. The highest BCUT2D eigenvalue weighted by Crippen LogP contribution is 2.34. The summed E-state index contributed by atoms with van der Waals surface area (Å²) in [4.78, 5) is 3.68. The maximum Gasteiger partial charge on any atom is 0.109 e. The van der Waals surface area contributed by atoms with Crippen LogP contribution >= 0.6 is 23.1 Å². The van der Waals surface area contributed by atoms with Gasteiger partial charge in [-0.2, -0.15) is 8.75 Å². The van der Waals surface area contributed by atoms with Gasteiger partial charge in [0.1, 0.15) is 11.0 Å². The molecule has 2 aromatic heterocycles. The van der Waals surface area contributed by atoms with Crippen LogP contribution < -0.4 is 0 Å². The minimum atomic E-state index is -0.297. The fraction of sp³-hybridized carbons (Fsp3) is 0.412. The van der Waals surface area contributed by atoms with Gasteiger partial charge in [0.25, 0.3) is 0 Å². The molecule has 3 aromatic rings. The lowest BCUT2D eigenvalue weighted by atomic mass is 9.90. The van der Waals surface area contributed by atoms with Gasteiger partial charge in [0.2, 0.25) is 0 Å². The molecule has 1 N–H and O–H groups in total. The SMILES string of the molecule is Cc1ccsc1[C@@H]1CCN(Cc2cccc3nsnc23)C[C@H]1O. The van der Waals surface area contributed by atoms with Crippen LogP contribution in [0.25, 0.3) is 11.0 Å². The van der Waals surface area contributed by atoms with Crippen molar-refractivity contribution in [2.45, 2.75) is 31.9 Å². The van der Waals surface area contributed by atoms with Crippen LogP contribution in [-0.2, 0) is 6.54 Å². The number of hydrogen-bond acceptors (Lipinski definition) is 6. The van der Waals surface area contributed by atoms with Gasteiger partial charge in [-0.1, -0.05) is 12.1 Å². The van der Waals surface area contributed by atoms with Crippen molar-refractivity contribution in [2.75, 3.05) is 13.1 Å². The van der Waals surface area contributed by atoms with Crippen LogP contribution in [0.15, 0.2) is 29.6 Å². The van der Waals surface area contributed by atoms with Gasteiger partial charge in [-0.05, 0) is 48.5 Å². The zero-order chi connectivity index (χ0) is 15.8. The van der Waals surface area contributed by atoms with Crippen LogP contribution in [0, 0.1) is 6.92 Å². The summed E-state index contributed by atoms with van der Waals surface area (Å²) in [6, 6.07) is 8.31. The van der Waals surface area contributed by atoms with Crippen molar-refractivity contribution in [3.63, 3.8) is 0 Å². The normalized spacial score (nSPS) is 22.7. The summed E-state index contributed by atoms with van der Waals surface area (Å²) in [5, 5.41) is 12.8.